The van der Waals surface area contributed by atoms with Gasteiger partial charge in [-0.05, 0) is 24.6 Å². The molecule has 2 heterocycles. The zero-order valence-corrected chi connectivity index (χ0v) is 13.7. The topological polar surface area (TPSA) is 65.6 Å². The number of nitrogens with zero attached hydrogens (tertiary/aromatic N) is 2. The molecule has 1 aliphatic heterocycles. The van der Waals surface area contributed by atoms with Crippen LogP contribution >= 0.6 is 0 Å². The largest absolute Gasteiger partial charge is 0.484 e. The Hall–Kier alpha value is -2.76. The molecule has 1 aliphatic rings. The molecule has 0 aliphatic carbocycles. The van der Waals surface area contributed by atoms with Crippen LogP contribution in [0.15, 0.2) is 42.7 Å². The molecular weight excluding hydrogens is 306 g/mol. The fourth-order valence-electron chi connectivity index (χ4n) is 2.75. The van der Waals surface area contributed by atoms with E-state index in [4.69, 9.17) is 4.74 Å². The van der Waals surface area contributed by atoms with Crippen LogP contribution < -0.4 is 4.74 Å². The molecule has 3 rings (SSSR count). The van der Waals surface area contributed by atoms with Crippen molar-refractivity contribution in [3.8, 4) is 5.75 Å². The summed E-state index contributed by atoms with van der Waals surface area (Å²) < 4.78 is 5.61. The molecule has 0 atom stereocenters. The molecule has 126 valence electrons. The van der Waals surface area contributed by atoms with E-state index in [1.54, 1.807) is 28.3 Å². The fourth-order valence-corrected chi connectivity index (χ4v) is 2.75. The lowest BCUT2D eigenvalue weighted by atomic mass is 10.2. The number of para-hydroxylation sites is 1. The highest BCUT2D eigenvalue weighted by atomic mass is 16.5. The number of carbonyl (C=O) groups excluding carboxylic acids is 2. The Bertz CT molecular complexity index is 704. The Labute approximate surface area is 141 Å². The average molecular weight is 327 g/mol. The molecule has 1 aromatic heterocycles. The van der Waals surface area contributed by atoms with Crippen molar-refractivity contribution in [1.82, 2.24) is 14.8 Å². The second kappa shape index (κ2) is 7.21. The number of rotatable bonds is 4. The molecule has 0 radical (unpaired) electrons. The van der Waals surface area contributed by atoms with Crippen molar-refractivity contribution in [2.24, 2.45) is 0 Å². The second-order valence-electron chi connectivity index (χ2n) is 5.83. The van der Waals surface area contributed by atoms with E-state index >= 15 is 0 Å². The molecular formula is C18H21N3O3. The number of nitrogens with one attached hydrogen (secondary N) is 1. The number of H-pyrrole nitrogens is 1. The number of aromatic amines is 1. The molecule has 0 spiro atoms. The first kappa shape index (κ1) is 16.1. The molecule has 0 saturated carbocycles. The van der Waals surface area contributed by atoms with Gasteiger partial charge < -0.3 is 19.5 Å². The van der Waals surface area contributed by atoms with E-state index in [-0.39, 0.29) is 18.4 Å². The minimum atomic E-state index is -0.0491. The normalized spacial score (nSPS) is 14.5. The van der Waals surface area contributed by atoms with Crippen LogP contribution in [0.2, 0.25) is 0 Å². The van der Waals surface area contributed by atoms with Crippen LogP contribution in [0.5, 0.6) is 5.75 Å². The van der Waals surface area contributed by atoms with Gasteiger partial charge in [-0.15, -0.1) is 0 Å². The summed E-state index contributed by atoms with van der Waals surface area (Å²) in [7, 11) is 0. The van der Waals surface area contributed by atoms with Gasteiger partial charge >= 0.3 is 0 Å². The van der Waals surface area contributed by atoms with Gasteiger partial charge in [0.15, 0.2) is 6.61 Å². The quantitative estimate of drug-likeness (QED) is 0.929. The van der Waals surface area contributed by atoms with Crippen molar-refractivity contribution in [3.63, 3.8) is 0 Å². The number of hydrogen-bond acceptors (Lipinski definition) is 3. The van der Waals surface area contributed by atoms with E-state index in [0.717, 1.165) is 11.3 Å². The Morgan fingerprint density at radius 1 is 1.08 bits per heavy atom. The molecule has 6 nitrogen and oxygen atoms in total. The standard InChI is InChI=1S/C18H21N3O3/c1-14-4-2-3-5-16(14)24-13-17(22)20-8-10-21(11-9-20)18(23)15-6-7-19-12-15/h2-7,12,19H,8-11,13H2,1H3. The van der Waals surface area contributed by atoms with Crippen molar-refractivity contribution < 1.29 is 14.3 Å². The summed E-state index contributed by atoms with van der Waals surface area (Å²) in [5, 5.41) is 0. The van der Waals surface area contributed by atoms with Gasteiger partial charge in [0.1, 0.15) is 5.75 Å². The average Bonchev–Trinajstić information content (AvgIpc) is 3.15. The van der Waals surface area contributed by atoms with Crippen LogP contribution in [0, 0.1) is 6.92 Å². The molecule has 1 saturated heterocycles. The Morgan fingerprint density at radius 2 is 1.79 bits per heavy atom. The molecule has 1 fully saturated rings. The molecule has 0 bridgehead atoms. The Kier molecular flexibility index (Phi) is 4.84. The predicted octanol–water partition coefficient (Wildman–Crippen LogP) is 1.69. The highest BCUT2D eigenvalue weighted by Gasteiger charge is 2.25. The molecule has 1 aromatic carbocycles. The van der Waals surface area contributed by atoms with Gasteiger partial charge in [-0.25, -0.2) is 0 Å². The summed E-state index contributed by atoms with van der Waals surface area (Å²) in [6.45, 7) is 4.13. The van der Waals surface area contributed by atoms with Crippen molar-refractivity contribution in [1.29, 1.82) is 0 Å². The molecule has 1 N–H and O–H groups in total. The van der Waals surface area contributed by atoms with Crippen molar-refractivity contribution >= 4 is 11.8 Å². The van der Waals surface area contributed by atoms with E-state index in [0.29, 0.717) is 31.7 Å². The Balaban J connectivity index is 1.48. The maximum absolute atomic E-state index is 12.3. The van der Waals surface area contributed by atoms with E-state index in [9.17, 15) is 9.59 Å². The maximum atomic E-state index is 12.3. The summed E-state index contributed by atoms with van der Waals surface area (Å²) in [5.74, 6) is 0.679. The van der Waals surface area contributed by atoms with Gasteiger partial charge in [-0.3, -0.25) is 9.59 Å². The predicted molar refractivity (Wildman–Crippen MR) is 90.0 cm³/mol. The lowest BCUT2D eigenvalue weighted by Gasteiger charge is -2.34. The minimum Gasteiger partial charge on any atom is -0.484 e. The molecule has 2 amide bonds. The van der Waals surface area contributed by atoms with Gasteiger partial charge in [-0.1, -0.05) is 18.2 Å². The Morgan fingerprint density at radius 3 is 2.46 bits per heavy atom. The minimum absolute atomic E-state index is 0.000454. The summed E-state index contributed by atoms with van der Waals surface area (Å²) in [5.41, 5.74) is 1.66. The zero-order chi connectivity index (χ0) is 16.9. The molecule has 24 heavy (non-hydrogen) atoms. The summed E-state index contributed by atoms with van der Waals surface area (Å²) >= 11 is 0. The fraction of sp³-hybridized carbons (Fsp3) is 0.333. The number of carbonyl (C=O) groups is 2. The molecule has 6 heteroatoms. The number of aryl methyl sites for hydroxylation is 1. The molecule has 2 aromatic rings. The van der Waals surface area contributed by atoms with Gasteiger partial charge in [-0.2, -0.15) is 0 Å². The third kappa shape index (κ3) is 3.59. The first-order chi connectivity index (χ1) is 11.6. The third-order valence-electron chi connectivity index (χ3n) is 4.21. The number of hydrogen-bond donors (Lipinski definition) is 1. The highest BCUT2D eigenvalue weighted by Crippen LogP contribution is 2.16. The number of benzene rings is 1. The number of ether oxygens (including phenoxy) is 1. The second-order valence-corrected chi connectivity index (χ2v) is 5.83. The summed E-state index contributed by atoms with van der Waals surface area (Å²) in [6.07, 6.45) is 3.42. The highest BCUT2D eigenvalue weighted by molar-refractivity contribution is 5.94. The van der Waals surface area contributed by atoms with Crippen LogP contribution in [-0.4, -0.2) is 59.4 Å². The monoisotopic (exact) mass is 327 g/mol. The van der Waals surface area contributed by atoms with Crippen molar-refractivity contribution in [2.75, 3.05) is 32.8 Å². The van der Waals surface area contributed by atoms with Crippen LogP contribution in [0.25, 0.3) is 0 Å². The van der Waals surface area contributed by atoms with Crippen LogP contribution in [0.3, 0.4) is 0 Å². The van der Waals surface area contributed by atoms with E-state index < -0.39 is 0 Å². The number of amides is 2. The SMILES string of the molecule is Cc1ccccc1OCC(=O)N1CCN(C(=O)c2cc[nH]c2)CC1. The number of piperazine rings is 1. The van der Waals surface area contributed by atoms with Crippen LogP contribution in [0.4, 0.5) is 0 Å². The van der Waals surface area contributed by atoms with E-state index in [1.807, 2.05) is 31.2 Å². The zero-order valence-electron chi connectivity index (χ0n) is 13.7. The van der Waals surface area contributed by atoms with Crippen molar-refractivity contribution in [3.05, 3.63) is 53.9 Å². The van der Waals surface area contributed by atoms with Gasteiger partial charge in [0.2, 0.25) is 0 Å². The lowest BCUT2D eigenvalue weighted by molar-refractivity contribution is -0.134. The van der Waals surface area contributed by atoms with Gasteiger partial charge in [0.25, 0.3) is 11.8 Å². The van der Waals surface area contributed by atoms with E-state index in [1.165, 1.54) is 0 Å². The van der Waals surface area contributed by atoms with Crippen LogP contribution in [-0.2, 0) is 4.79 Å². The smallest absolute Gasteiger partial charge is 0.260 e. The van der Waals surface area contributed by atoms with Gasteiger partial charge in [0.05, 0.1) is 5.56 Å². The maximum Gasteiger partial charge on any atom is 0.260 e. The van der Waals surface area contributed by atoms with Gasteiger partial charge in [0, 0.05) is 38.6 Å². The van der Waals surface area contributed by atoms with E-state index in [2.05, 4.69) is 4.98 Å². The van der Waals surface area contributed by atoms with Crippen molar-refractivity contribution in [2.45, 2.75) is 6.92 Å². The first-order valence-corrected chi connectivity index (χ1v) is 8.03. The first-order valence-electron chi connectivity index (χ1n) is 8.03. The molecule has 0 unspecified atom stereocenters. The number of aromatic nitrogens is 1. The summed E-state index contributed by atoms with van der Waals surface area (Å²) in [4.78, 5) is 31.0. The van der Waals surface area contributed by atoms with Crippen LogP contribution in [0.1, 0.15) is 15.9 Å². The lowest BCUT2D eigenvalue weighted by Crippen LogP contribution is -2.51. The third-order valence-corrected chi connectivity index (χ3v) is 4.21. The summed E-state index contributed by atoms with van der Waals surface area (Å²) in [6, 6.07) is 9.39.